The molecule has 2 fully saturated rings. The Kier molecular flexibility index (Phi) is 10.1. The molecular formula is C18H26N4O8S2. The molecule has 4 atom stereocenters. The number of ether oxygens (including phenoxy) is 2. The summed E-state index contributed by atoms with van der Waals surface area (Å²) in [5.41, 5.74) is 0. The third-order valence-corrected chi connectivity index (χ3v) is 7.20. The van der Waals surface area contributed by atoms with E-state index in [9.17, 15) is 28.8 Å². The van der Waals surface area contributed by atoms with Crippen molar-refractivity contribution in [2.24, 2.45) is 0 Å². The van der Waals surface area contributed by atoms with Gasteiger partial charge in [0.05, 0.1) is 14.2 Å². The fourth-order valence-corrected chi connectivity index (χ4v) is 5.32. The molecule has 0 radical (unpaired) electrons. The largest absolute Gasteiger partial charge is 0.467 e. The molecule has 4 N–H and O–H groups in total. The highest BCUT2D eigenvalue weighted by molar-refractivity contribution is 8.76. The van der Waals surface area contributed by atoms with E-state index in [-0.39, 0.29) is 36.2 Å². The fraction of sp³-hybridized carbons (Fsp3) is 0.667. The predicted octanol–water partition coefficient (Wildman–Crippen LogP) is -1.76. The van der Waals surface area contributed by atoms with Crippen LogP contribution in [0.25, 0.3) is 0 Å². The van der Waals surface area contributed by atoms with Gasteiger partial charge in [0.1, 0.15) is 24.2 Å². The Bertz CT molecular complexity index is 703. The Labute approximate surface area is 192 Å². The smallest absolute Gasteiger partial charge is 0.329 e. The Morgan fingerprint density at radius 2 is 1.22 bits per heavy atom. The number of hydrogen-bond acceptors (Lipinski definition) is 10. The summed E-state index contributed by atoms with van der Waals surface area (Å²) in [6, 6.07) is -3.30. The minimum Gasteiger partial charge on any atom is -0.467 e. The maximum Gasteiger partial charge on any atom is 0.329 e. The summed E-state index contributed by atoms with van der Waals surface area (Å²) in [6.45, 7) is 0. The van der Waals surface area contributed by atoms with Crippen molar-refractivity contribution in [3.8, 4) is 0 Å². The van der Waals surface area contributed by atoms with Gasteiger partial charge in [-0.2, -0.15) is 0 Å². The maximum absolute atomic E-state index is 12.3. The lowest BCUT2D eigenvalue weighted by Crippen LogP contribution is -2.50. The third-order valence-electron chi connectivity index (χ3n) is 4.78. The Morgan fingerprint density at radius 3 is 1.50 bits per heavy atom. The minimum absolute atomic E-state index is 0.129. The van der Waals surface area contributed by atoms with E-state index in [2.05, 4.69) is 21.3 Å². The second kappa shape index (κ2) is 12.5. The topological polar surface area (TPSA) is 169 Å². The van der Waals surface area contributed by atoms with E-state index in [4.69, 9.17) is 9.47 Å². The van der Waals surface area contributed by atoms with Gasteiger partial charge in [-0.15, -0.1) is 0 Å². The summed E-state index contributed by atoms with van der Waals surface area (Å²) in [5, 5.41) is 10.2. The summed E-state index contributed by atoms with van der Waals surface area (Å²) in [4.78, 5) is 71.1. The highest BCUT2D eigenvalue weighted by atomic mass is 33.1. The zero-order valence-electron chi connectivity index (χ0n) is 17.6. The average molecular weight is 491 g/mol. The van der Waals surface area contributed by atoms with Gasteiger partial charge in [-0.3, -0.25) is 19.2 Å². The molecule has 0 aliphatic carbocycles. The van der Waals surface area contributed by atoms with Gasteiger partial charge in [0, 0.05) is 24.3 Å². The molecule has 178 valence electrons. The SMILES string of the molecule is COC(=O)[C@H](CSSC[C@H](NC(=O)[C@@H]1CCC(=O)N1)C(=O)OC)NC(=O)[C@@H]1CCC(=O)N1. The van der Waals surface area contributed by atoms with E-state index in [0.29, 0.717) is 12.8 Å². The number of carbonyl (C=O) groups is 6. The standard InChI is InChI=1S/C18H26N4O8S2/c1-29-17(27)11(21-15(25)9-3-5-13(23)19-9)7-31-32-8-12(18(28)30-2)22-16(26)10-4-6-14(24)20-10/h9-12H,3-8H2,1-2H3,(H,19,23)(H,20,24)(H,21,25)(H,22,26)/t9-,10-,11-,12-/m0/s1. The molecule has 0 spiro atoms. The van der Waals surface area contributed by atoms with Gasteiger partial charge >= 0.3 is 11.9 Å². The summed E-state index contributed by atoms with van der Waals surface area (Å²) < 4.78 is 9.44. The molecule has 4 amide bonds. The first-order valence-corrected chi connectivity index (χ1v) is 12.3. The van der Waals surface area contributed by atoms with Crippen LogP contribution in [0.5, 0.6) is 0 Å². The van der Waals surface area contributed by atoms with Crippen LogP contribution >= 0.6 is 21.6 Å². The number of carbonyl (C=O) groups excluding carboxylic acids is 6. The Balaban J connectivity index is 1.83. The number of esters is 2. The van der Waals surface area contributed by atoms with Crippen LogP contribution < -0.4 is 21.3 Å². The lowest BCUT2D eigenvalue weighted by molar-refractivity contribution is -0.145. The molecule has 32 heavy (non-hydrogen) atoms. The molecule has 0 bridgehead atoms. The molecule has 0 saturated carbocycles. The van der Waals surface area contributed by atoms with Crippen molar-refractivity contribution in [2.45, 2.75) is 49.9 Å². The number of amides is 4. The first-order chi connectivity index (χ1) is 15.2. The van der Waals surface area contributed by atoms with Gasteiger partial charge < -0.3 is 30.7 Å². The summed E-state index contributed by atoms with van der Waals surface area (Å²) in [6.07, 6.45) is 1.19. The van der Waals surface area contributed by atoms with Gasteiger partial charge in [-0.05, 0) is 12.8 Å². The van der Waals surface area contributed by atoms with Crippen LogP contribution in [0.15, 0.2) is 0 Å². The van der Waals surface area contributed by atoms with E-state index in [1.54, 1.807) is 0 Å². The molecule has 0 aromatic carbocycles. The molecule has 14 heteroatoms. The van der Waals surface area contributed by atoms with Crippen molar-refractivity contribution in [2.75, 3.05) is 25.7 Å². The second-order valence-corrected chi connectivity index (χ2v) is 9.61. The van der Waals surface area contributed by atoms with Crippen LogP contribution in [0.2, 0.25) is 0 Å². The predicted molar refractivity (Wildman–Crippen MR) is 115 cm³/mol. The lowest BCUT2D eigenvalue weighted by atomic mass is 10.2. The molecule has 2 saturated heterocycles. The minimum atomic E-state index is -0.956. The number of nitrogens with one attached hydrogen (secondary N) is 4. The Morgan fingerprint density at radius 1 is 0.844 bits per heavy atom. The summed E-state index contributed by atoms with van der Waals surface area (Å²) >= 11 is 0. The number of hydrogen-bond donors (Lipinski definition) is 4. The van der Waals surface area contributed by atoms with Crippen LogP contribution in [-0.4, -0.2) is 85.5 Å². The van der Waals surface area contributed by atoms with Crippen molar-refractivity contribution < 1.29 is 38.2 Å². The van der Waals surface area contributed by atoms with Crippen molar-refractivity contribution in [1.82, 2.24) is 21.3 Å². The highest BCUT2D eigenvalue weighted by Gasteiger charge is 2.32. The van der Waals surface area contributed by atoms with Crippen molar-refractivity contribution in [1.29, 1.82) is 0 Å². The molecular weight excluding hydrogens is 464 g/mol. The normalized spacial score (nSPS) is 21.7. The van der Waals surface area contributed by atoms with Gasteiger partial charge in [-0.1, -0.05) is 21.6 Å². The van der Waals surface area contributed by atoms with Crippen LogP contribution in [0.1, 0.15) is 25.7 Å². The molecule has 0 aromatic heterocycles. The molecule has 0 unspecified atom stereocenters. The first-order valence-electron chi connectivity index (χ1n) is 9.84. The molecule has 2 heterocycles. The van der Waals surface area contributed by atoms with E-state index in [1.165, 1.54) is 35.8 Å². The zero-order valence-corrected chi connectivity index (χ0v) is 19.3. The second-order valence-electron chi connectivity index (χ2n) is 7.06. The quantitative estimate of drug-likeness (QED) is 0.148. The van der Waals surface area contributed by atoms with Crippen LogP contribution in [0.3, 0.4) is 0 Å². The first kappa shape index (κ1) is 25.8. The van der Waals surface area contributed by atoms with Crippen LogP contribution in [0, 0.1) is 0 Å². The van der Waals surface area contributed by atoms with Crippen LogP contribution in [0.4, 0.5) is 0 Å². The number of methoxy groups -OCH3 is 2. The molecule has 2 rings (SSSR count). The van der Waals surface area contributed by atoms with Crippen LogP contribution in [-0.2, 0) is 38.2 Å². The van der Waals surface area contributed by atoms with E-state index in [0.717, 1.165) is 0 Å². The monoisotopic (exact) mass is 490 g/mol. The van der Waals surface area contributed by atoms with Gasteiger partial charge in [0.2, 0.25) is 23.6 Å². The zero-order chi connectivity index (χ0) is 23.7. The van der Waals surface area contributed by atoms with E-state index >= 15 is 0 Å². The van der Waals surface area contributed by atoms with Crippen molar-refractivity contribution >= 4 is 57.2 Å². The Hall–Kier alpha value is -2.48. The maximum atomic E-state index is 12.3. The van der Waals surface area contributed by atoms with E-state index < -0.39 is 47.9 Å². The molecule has 0 aromatic rings. The van der Waals surface area contributed by atoms with E-state index in [1.807, 2.05) is 0 Å². The average Bonchev–Trinajstić information content (AvgIpc) is 3.41. The molecule has 2 aliphatic rings. The fourth-order valence-electron chi connectivity index (χ4n) is 3.02. The highest BCUT2D eigenvalue weighted by Crippen LogP contribution is 2.24. The van der Waals surface area contributed by atoms with Crippen molar-refractivity contribution in [3.05, 3.63) is 0 Å². The summed E-state index contributed by atoms with van der Waals surface area (Å²) in [5.74, 6) is -2.44. The van der Waals surface area contributed by atoms with Crippen molar-refractivity contribution in [3.63, 3.8) is 0 Å². The molecule has 12 nitrogen and oxygen atoms in total. The summed E-state index contributed by atoms with van der Waals surface area (Å²) in [7, 11) is 4.77. The van der Waals surface area contributed by atoms with Gasteiger partial charge in [0.15, 0.2) is 0 Å². The third kappa shape index (κ3) is 7.58. The lowest BCUT2D eigenvalue weighted by Gasteiger charge is -2.20. The number of rotatable bonds is 11. The van der Waals surface area contributed by atoms with Gasteiger partial charge in [0.25, 0.3) is 0 Å². The molecule has 2 aliphatic heterocycles. The van der Waals surface area contributed by atoms with Gasteiger partial charge in [-0.25, -0.2) is 9.59 Å².